The lowest BCUT2D eigenvalue weighted by molar-refractivity contribution is 0.0695. The summed E-state index contributed by atoms with van der Waals surface area (Å²) in [4.78, 5) is 41.7. The van der Waals surface area contributed by atoms with Crippen molar-refractivity contribution in [2.45, 2.75) is 0 Å². The maximum atomic E-state index is 12.1. The number of carbonyl (C=O) groups is 2. The number of pyridine rings is 2. The second-order valence-electron chi connectivity index (χ2n) is 5.13. The van der Waals surface area contributed by atoms with Gasteiger partial charge in [0, 0.05) is 27.2 Å². The Balaban J connectivity index is 2.55. The molecule has 0 unspecified atom stereocenters. The summed E-state index contributed by atoms with van der Waals surface area (Å²) in [7, 11) is 0. The fraction of sp³-hybridized carbons (Fsp3) is 0. The average molecular weight is 404 g/mol. The Kier molecular flexibility index (Phi) is 4.01. The molecule has 9 heteroatoms. The molecule has 126 valence electrons. The van der Waals surface area contributed by atoms with Gasteiger partial charge in [-0.1, -0.05) is 18.2 Å². The van der Waals surface area contributed by atoms with Gasteiger partial charge in [0.2, 0.25) is 0 Å². The van der Waals surface area contributed by atoms with Gasteiger partial charge in [0.15, 0.2) is 0 Å². The molecule has 2 aromatic heterocycles. The molecule has 0 atom stereocenters. The molecule has 25 heavy (non-hydrogen) atoms. The Hall–Kier alpha value is -3.20. The van der Waals surface area contributed by atoms with Gasteiger partial charge >= 0.3 is 11.9 Å². The Morgan fingerprint density at radius 3 is 2.48 bits per heavy atom. The number of aromatic nitrogens is 2. The van der Waals surface area contributed by atoms with Crippen LogP contribution in [0.4, 0.5) is 5.82 Å². The molecule has 0 radical (unpaired) electrons. The molecule has 0 aliphatic carbocycles. The van der Waals surface area contributed by atoms with Gasteiger partial charge in [0.25, 0.3) is 5.56 Å². The van der Waals surface area contributed by atoms with Crippen molar-refractivity contribution in [2.75, 3.05) is 5.73 Å². The summed E-state index contributed by atoms with van der Waals surface area (Å²) >= 11 is 3.29. The van der Waals surface area contributed by atoms with E-state index in [0.717, 1.165) is 0 Å². The predicted molar refractivity (Wildman–Crippen MR) is 93.8 cm³/mol. The third-order valence-corrected chi connectivity index (χ3v) is 4.05. The first kappa shape index (κ1) is 16.7. The third kappa shape index (κ3) is 2.74. The highest BCUT2D eigenvalue weighted by Crippen LogP contribution is 2.34. The Bertz CT molecular complexity index is 1110. The van der Waals surface area contributed by atoms with Crippen LogP contribution in [0, 0.1) is 0 Å². The number of nitrogens with one attached hydrogen (secondary N) is 1. The van der Waals surface area contributed by atoms with Crippen LogP contribution < -0.4 is 11.3 Å². The van der Waals surface area contributed by atoms with E-state index in [0.29, 0.717) is 15.4 Å². The number of hydrogen-bond donors (Lipinski definition) is 4. The molecule has 1 aromatic carbocycles. The van der Waals surface area contributed by atoms with Gasteiger partial charge in [0.1, 0.15) is 16.9 Å². The molecule has 0 bridgehead atoms. The average Bonchev–Trinajstić information content (AvgIpc) is 2.52. The fourth-order valence-electron chi connectivity index (χ4n) is 2.65. The van der Waals surface area contributed by atoms with Gasteiger partial charge in [-0.3, -0.25) is 9.78 Å². The Morgan fingerprint density at radius 1 is 1.16 bits per heavy atom. The van der Waals surface area contributed by atoms with E-state index < -0.39 is 34.4 Å². The lowest BCUT2D eigenvalue weighted by atomic mass is 9.93. The highest BCUT2D eigenvalue weighted by molar-refractivity contribution is 9.10. The third-order valence-electron chi connectivity index (χ3n) is 3.62. The molecule has 3 aromatic rings. The van der Waals surface area contributed by atoms with Crippen molar-refractivity contribution in [3.05, 3.63) is 56.4 Å². The molecule has 8 nitrogen and oxygen atoms in total. The number of nitrogens with two attached hydrogens (primary N) is 1. The van der Waals surface area contributed by atoms with Crippen molar-refractivity contribution in [1.82, 2.24) is 9.97 Å². The van der Waals surface area contributed by atoms with Gasteiger partial charge < -0.3 is 20.9 Å². The zero-order valence-electron chi connectivity index (χ0n) is 12.4. The smallest absolute Gasteiger partial charge is 0.342 e. The summed E-state index contributed by atoms with van der Waals surface area (Å²) in [5.74, 6) is -3.44. The largest absolute Gasteiger partial charge is 0.478 e. The van der Waals surface area contributed by atoms with Crippen molar-refractivity contribution < 1.29 is 19.8 Å². The molecule has 3 rings (SSSR count). The minimum absolute atomic E-state index is 0.192. The fourth-order valence-corrected chi connectivity index (χ4v) is 3.00. The highest BCUT2D eigenvalue weighted by atomic mass is 79.9. The summed E-state index contributed by atoms with van der Waals surface area (Å²) in [6, 6.07) is 6.58. The van der Waals surface area contributed by atoms with E-state index in [1.807, 2.05) is 0 Å². The van der Waals surface area contributed by atoms with Crippen LogP contribution >= 0.6 is 15.9 Å². The van der Waals surface area contributed by atoms with Gasteiger partial charge in [0.05, 0.1) is 5.52 Å². The van der Waals surface area contributed by atoms with Crippen LogP contribution in [0.5, 0.6) is 0 Å². The van der Waals surface area contributed by atoms with Crippen molar-refractivity contribution in [3.63, 3.8) is 0 Å². The van der Waals surface area contributed by atoms with Crippen molar-refractivity contribution >= 4 is 44.6 Å². The molecule has 0 fully saturated rings. The molecule has 0 saturated heterocycles. The van der Waals surface area contributed by atoms with E-state index in [1.165, 1.54) is 12.3 Å². The molecular weight excluding hydrogens is 394 g/mol. The van der Waals surface area contributed by atoms with Crippen LogP contribution in [0.25, 0.3) is 22.0 Å². The summed E-state index contributed by atoms with van der Waals surface area (Å²) in [5.41, 5.74) is 3.72. The number of carboxylic acids is 2. The summed E-state index contributed by atoms with van der Waals surface area (Å²) < 4.78 is 0.694. The van der Waals surface area contributed by atoms with Crippen molar-refractivity contribution in [1.29, 1.82) is 0 Å². The van der Waals surface area contributed by atoms with Crippen LogP contribution in [0.3, 0.4) is 0 Å². The molecule has 0 aliphatic rings. The molecule has 2 heterocycles. The van der Waals surface area contributed by atoms with Crippen LogP contribution in [-0.4, -0.2) is 32.1 Å². The Labute approximate surface area is 148 Å². The minimum Gasteiger partial charge on any atom is -0.478 e. The zero-order chi connectivity index (χ0) is 18.3. The number of benzene rings is 1. The number of anilines is 1. The van der Waals surface area contributed by atoms with E-state index in [1.54, 1.807) is 18.2 Å². The number of halogens is 1. The molecule has 0 saturated carbocycles. The molecular formula is C16H10BrN3O5. The number of rotatable bonds is 3. The van der Waals surface area contributed by atoms with Crippen LogP contribution in [0.2, 0.25) is 0 Å². The highest BCUT2D eigenvalue weighted by Gasteiger charge is 2.27. The summed E-state index contributed by atoms with van der Waals surface area (Å²) in [6.45, 7) is 0. The van der Waals surface area contributed by atoms with Crippen LogP contribution in [0.15, 0.2) is 39.7 Å². The maximum absolute atomic E-state index is 12.1. The van der Waals surface area contributed by atoms with E-state index >= 15 is 0 Å². The number of nitrogen functional groups attached to an aromatic ring is 1. The molecule has 0 spiro atoms. The second-order valence-corrected chi connectivity index (χ2v) is 6.05. The molecule has 5 N–H and O–H groups in total. The summed E-state index contributed by atoms with van der Waals surface area (Å²) in [5, 5.41) is 19.6. The predicted octanol–water partition coefficient (Wildman–Crippen LogP) is 2.33. The lowest BCUT2D eigenvalue weighted by Crippen LogP contribution is -2.24. The van der Waals surface area contributed by atoms with Gasteiger partial charge in [-0.15, -0.1) is 0 Å². The van der Waals surface area contributed by atoms with E-state index in [9.17, 15) is 24.6 Å². The number of aromatic amines is 1. The first-order valence-corrected chi connectivity index (χ1v) is 7.67. The first-order valence-electron chi connectivity index (χ1n) is 6.88. The number of hydrogen-bond acceptors (Lipinski definition) is 5. The van der Waals surface area contributed by atoms with Gasteiger partial charge in [-0.2, -0.15) is 0 Å². The van der Waals surface area contributed by atoms with Crippen molar-refractivity contribution in [2.24, 2.45) is 0 Å². The number of fused-ring (bicyclic) bond motifs is 1. The van der Waals surface area contributed by atoms with Gasteiger partial charge in [-0.05, 0) is 22.0 Å². The summed E-state index contributed by atoms with van der Waals surface area (Å²) in [6.07, 6.45) is 1.49. The zero-order valence-corrected chi connectivity index (χ0v) is 14.0. The van der Waals surface area contributed by atoms with E-state index in [4.69, 9.17) is 5.73 Å². The van der Waals surface area contributed by atoms with Crippen molar-refractivity contribution in [3.8, 4) is 11.1 Å². The number of aromatic carboxylic acids is 2. The molecule has 0 amide bonds. The normalized spacial score (nSPS) is 10.8. The SMILES string of the molecule is Nc1[nH]c(=O)c(C(=O)O)c(-c2cccc3cc(Br)cnc23)c1C(=O)O. The van der Waals surface area contributed by atoms with Crippen LogP contribution in [-0.2, 0) is 0 Å². The maximum Gasteiger partial charge on any atom is 0.342 e. The molecule has 0 aliphatic heterocycles. The first-order chi connectivity index (χ1) is 11.8. The number of H-pyrrole nitrogens is 1. The monoisotopic (exact) mass is 403 g/mol. The second kappa shape index (κ2) is 6.02. The Morgan fingerprint density at radius 2 is 1.84 bits per heavy atom. The number of para-hydroxylation sites is 1. The minimum atomic E-state index is -1.56. The quantitative estimate of drug-likeness (QED) is 0.524. The van der Waals surface area contributed by atoms with Gasteiger partial charge in [-0.25, -0.2) is 9.59 Å². The van der Waals surface area contributed by atoms with Crippen LogP contribution in [0.1, 0.15) is 20.7 Å². The topological polar surface area (TPSA) is 146 Å². The lowest BCUT2D eigenvalue weighted by Gasteiger charge is -2.13. The standard InChI is InChI=1S/C16H10BrN3O5/c17-7-4-6-2-1-3-8(12(6)19-5-7)9-10(15(22)23)13(18)20-14(21)11(9)16(24)25/h1-5H,(H,22,23)(H,24,25)(H3,18,20,21). The number of carboxylic acid groups (broad SMARTS) is 2. The number of nitrogens with zero attached hydrogens (tertiary/aromatic N) is 1. The van der Waals surface area contributed by atoms with E-state index in [2.05, 4.69) is 25.9 Å². The van der Waals surface area contributed by atoms with E-state index in [-0.39, 0.29) is 11.1 Å².